The molecule has 5 aromatic rings. The molecule has 0 saturated carbocycles. The van der Waals surface area contributed by atoms with Crippen LogP contribution in [0.1, 0.15) is 17.2 Å². The molecule has 0 aliphatic heterocycles. The number of thiazole rings is 1. The molecule has 3 N–H and O–H groups in total. The molecule has 0 atom stereocenters. The van der Waals surface area contributed by atoms with Gasteiger partial charge < -0.3 is 16.0 Å². The largest absolute Gasteiger partial charge is 0.344 e. The van der Waals surface area contributed by atoms with Crippen LogP contribution in [-0.2, 0) is 14.4 Å². The molecular formula is C32H28N4O3S3. The van der Waals surface area contributed by atoms with Gasteiger partial charge in [-0.25, -0.2) is 4.98 Å². The standard InChI is InChI=1S/C32H28N4O3S3/c37-28(33-24-14-8-3-9-15-24)19-40-20-29(38)34-25-16-17-26-27(18-25)42-32(35-26)41-21-30(39)36-31(22-10-4-1-5-11-22)23-12-6-2-7-13-23/h1-18,31H,19-21H2,(H,33,37)(H,34,38)(H,36,39). The summed E-state index contributed by atoms with van der Waals surface area (Å²) in [6.45, 7) is 0. The van der Waals surface area contributed by atoms with Gasteiger partial charge in [-0.2, -0.15) is 0 Å². The molecule has 0 aliphatic carbocycles. The molecule has 0 fully saturated rings. The minimum absolute atomic E-state index is 0.0835. The SMILES string of the molecule is O=C(CSCC(=O)Nc1ccc2nc(SCC(=O)NC(c3ccccc3)c3ccccc3)sc2c1)Nc1ccccc1. The number of carbonyl (C=O) groups excluding carboxylic acids is 3. The third kappa shape index (κ3) is 8.45. The highest BCUT2D eigenvalue weighted by Crippen LogP contribution is 2.31. The highest BCUT2D eigenvalue weighted by Gasteiger charge is 2.17. The number of nitrogens with one attached hydrogen (secondary N) is 3. The van der Waals surface area contributed by atoms with Crippen LogP contribution in [0.2, 0.25) is 0 Å². The Morgan fingerprint density at radius 1 is 0.667 bits per heavy atom. The molecule has 0 unspecified atom stereocenters. The van der Waals surface area contributed by atoms with Crippen LogP contribution in [-0.4, -0.2) is 40.0 Å². The van der Waals surface area contributed by atoms with Gasteiger partial charge in [-0.05, 0) is 41.5 Å². The fourth-order valence-corrected chi connectivity index (χ4v) is 6.71. The Bertz CT molecular complexity index is 1610. The number of hydrogen-bond acceptors (Lipinski definition) is 7. The van der Waals surface area contributed by atoms with E-state index in [2.05, 4.69) is 20.9 Å². The van der Waals surface area contributed by atoms with E-state index in [1.807, 2.05) is 103 Å². The lowest BCUT2D eigenvalue weighted by molar-refractivity contribution is -0.119. The Morgan fingerprint density at radius 3 is 1.86 bits per heavy atom. The van der Waals surface area contributed by atoms with Crippen LogP contribution in [0.5, 0.6) is 0 Å². The second kappa shape index (κ2) is 14.7. The number of amides is 3. The number of aromatic nitrogens is 1. The molecule has 0 aliphatic rings. The first-order valence-corrected chi connectivity index (χ1v) is 16.1. The minimum atomic E-state index is -0.238. The predicted octanol–water partition coefficient (Wildman–Crippen LogP) is 6.60. The molecular weight excluding hydrogens is 585 g/mol. The van der Waals surface area contributed by atoms with E-state index in [0.717, 1.165) is 31.4 Å². The second-order valence-electron chi connectivity index (χ2n) is 9.23. The summed E-state index contributed by atoms with van der Waals surface area (Å²) in [4.78, 5) is 42.1. The third-order valence-corrected chi connectivity index (χ3v) is 9.17. The number of carbonyl (C=O) groups is 3. The number of hydrogen-bond donors (Lipinski definition) is 3. The lowest BCUT2D eigenvalue weighted by Gasteiger charge is -2.19. The summed E-state index contributed by atoms with van der Waals surface area (Å²) in [7, 11) is 0. The van der Waals surface area contributed by atoms with Crippen molar-refractivity contribution < 1.29 is 14.4 Å². The zero-order valence-corrected chi connectivity index (χ0v) is 24.9. The van der Waals surface area contributed by atoms with Gasteiger partial charge in [-0.1, -0.05) is 90.6 Å². The first-order valence-electron chi connectivity index (χ1n) is 13.2. The molecule has 10 heteroatoms. The van der Waals surface area contributed by atoms with Crippen molar-refractivity contribution in [2.45, 2.75) is 10.4 Å². The molecule has 212 valence electrons. The van der Waals surface area contributed by atoms with E-state index >= 15 is 0 Å². The molecule has 0 spiro atoms. The molecule has 0 bridgehead atoms. The van der Waals surface area contributed by atoms with E-state index in [-0.39, 0.29) is 41.0 Å². The van der Waals surface area contributed by atoms with Crippen molar-refractivity contribution in [2.75, 3.05) is 27.9 Å². The van der Waals surface area contributed by atoms with Crippen LogP contribution >= 0.6 is 34.9 Å². The van der Waals surface area contributed by atoms with Crippen molar-refractivity contribution in [1.29, 1.82) is 0 Å². The lowest BCUT2D eigenvalue weighted by atomic mass is 9.99. The normalized spacial score (nSPS) is 10.9. The highest BCUT2D eigenvalue weighted by atomic mass is 32.2. The van der Waals surface area contributed by atoms with Crippen molar-refractivity contribution in [1.82, 2.24) is 10.3 Å². The maximum absolute atomic E-state index is 13.0. The summed E-state index contributed by atoms with van der Waals surface area (Å²) in [6.07, 6.45) is 0. The molecule has 1 aromatic heterocycles. The van der Waals surface area contributed by atoms with Gasteiger partial charge in [0.25, 0.3) is 0 Å². The molecule has 5 rings (SSSR count). The zero-order valence-electron chi connectivity index (χ0n) is 22.5. The van der Waals surface area contributed by atoms with E-state index in [1.165, 1.54) is 34.9 Å². The van der Waals surface area contributed by atoms with Crippen molar-refractivity contribution in [2.24, 2.45) is 0 Å². The predicted molar refractivity (Wildman–Crippen MR) is 174 cm³/mol. The van der Waals surface area contributed by atoms with Crippen LogP contribution in [0.25, 0.3) is 10.2 Å². The summed E-state index contributed by atoms with van der Waals surface area (Å²) in [5, 5.41) is 8.85. The minimum Gasteiger partial charge on any atom is -0.344 e. The number of benzene rings is 4. The van der Waals surface area contributed by atoms with Crippen LogP contribution in [0.3, 0.4) is 0 Å². The van der Waals surface area contributed by atoms with Crippen LogP contribution in [0.4, 0.5) is 11.4 Å². The number of rotatable bonds is 12. The first-order chi connectivity index (χ1) is 20.5. The smallest absolute Gasteiger partial charge is 0.234 e. The van der Waals surface area contributed by atoms with Gasteiger partial charge in [-0.15, -0.1) is 23.1 Å². The second-order valence-corrected chi connectivity index (χ2v) is 12.5. The Kier molecular flexibility index (Phi) is 10.3. The van der Waals surface area contributed by atoms with Crippen molar-refractivity contribution in [3.63, 3.8) is 0 Å². The highest BCUT2D eigenvalue weighted by molar-refractivity contribution is 8.01. The fourth-order valence-electron chi connectivity index (χ4n) is 4.18. The lowest BCUT2D eigenvalue weighted by Crippen LogP contribution is -2.30. The first kappa shape index (κ1) is 29.4. The van der Waals surface area contributed by atoms with Crippen LogP contribution < -0.4 is 16.0 Å². The Morgan fingerprint density at radius 2 is 1.24 bits per heavy atom. The molecule has 1 heterocycles. The number of anilines is 2. The Balaban J connectivity index is 1.11. The number of nitrogens with zero attached hydrogens (tertiary/aromatic N) is 1. The van der Waals surface area contributed by atoms with Gasteiger partial charge in [0.2, 0.25) is 17.7 Å². The van der Waals surface area contributed by atoms with Gasteiger partial charge in [-0.3, -0.25) is 14.4 Å². The average Bonchev–Trinajstić information content (AvgIpc) is 3.42. The monoisotopic (exact) mass is 612 g/mol. The molecule has 0 saturated heterocycles. The topological polar surface area (TPSA) is 100 Å². The number of para-hydroxylation sites is 1. The van der Waals surface area contributed by atoms with Gasteiger partial charge in [0.05, 0.1) is 33.5 Å². The van der Waals surface area contributed by atoms with Crippen molar-refractivity contribution in [3.8, 4) is 0 Å². The fraction of sp³-hybridized carbons (Fsp3) is 0.125. The molecule has 3 amide bonds. The van der Waals surface area contributed by atoms with Crippen LogP contribution in [0.15, 0.2) is 114 Å². The molecule has 7 nitrogen and oxygen atoms in total. The molecule has 42 heavy (non-hydrogen) atoms. The number of thioether (sulfide) groups is 2. The number of fused-ring (bicyclic) bond motifs is 1. The van der Waals surface area contributed by atoms with Crippen molar-refractivity contribution in [3.05, 3.63) is 120 Å². The molecule has 4 aromatic carbocycles. The Hall–Kier alpha value is -4.12. The van der Waals surface area contributed by atoms with Crippen LogP contribution in [0, 0.1) is 0 Å². The van der Waals surface area contributed by atoms with E-state index < -0.39 is 0 Å². The van der Waals surface area contributed by atoms with Gasteiger partial charge in [0, 0.05) is 11.4 Å². The van der Waals surface area contributed by atoms with Gasteiger partial charge in [0.1, 0.15) is 0 Å². The zero-order chi connectivity index (χ0) is 29.1. The van der Waals surface area contributed by atoms with Gasteiger partial charge >= 0.3 is 0 Å². The summed E-state index contributed by atoms with van der Waals surface area (Å²) in [6, 6.07) is 34.3. The van der Waals surface area contributed by atoms with Crippen molar-refractivity contribution >= 4 is 74.2 Å². The van der Waals surface area contributed by atoms with E-state index in [4.69, 9.17) is 0 Å². The molecule has 0 radical (unpaired) electrons. The summed E-state index contributed by atoms with van der Waals surface area (Å²) < 4.78 is 1.69. The summed E-state index contributed by atoms with van der Waals surface area (Å²) in [5.41, 5.74) is 4.23. The summed E-state index contributed by atoms with van der Waals surface area (Å²) >= 11 is 4.12. The van der Waals surface area contributed by atoms with Gasteiger partial charge in [0.15, 0.2) is 4.34 Å². The quantitative estimate of drug-likeness (QED) is 0.137. The average molecular weight is 613 g/mol. The Labute approximate surface area is 256 Å². The maximum atomic E-state index is 13.0. The third-order valence-electron chi connectivity index (χ3n) is 6.07. The van der Waals surface area contributed by atoms with E-state index in [0.29, 0.717) is 5.69 Å². The van der Waals surface area contributed by atoms with E-state index in [1.54, 1.807) is 6.07 Å². The van der Waals surface area contributed by atoms with E-state index in [9.17, 15) is 14.4 Å². The summed E-state index contributed by atoms with van der Waals surface area (Å²) in [5.74, 6) is 0.149. The maximum Gasteiger partial charge on any atom is 0.234 e.